The van der Waals surface area contributed by atoms with E-state index in [2.05, 4.69) is 22.4 Å². The van der Waals surface area contributed by atoms with Crippen molar-refractivity contribution in [3.05, 3.63) is 41.7 Å². The molecule has 2 rings (SSSR count). The Kier molecular flexibility index (Phi) is 4.45. The molecule has 0 radical (unpaired) electrons. The highest BCUT2D eigenvalue weighted by Gasteiger charge is 2.21. The zero-order valence-electron chi connectivity index (χ0n) is 10.0. The molecule has 3 nitrogen and oxygen atoms in total. The molecule has 1 atom stereocenters. The molecule has 2 N–H and O–H groups in total. The summed E-state index contributed by atoms with van der Waals surface area (Å²) in [5.74, 6) is 0.602. The second-order valence-corrected chi connectivity index (χ2v) is 4.36. The van der Waals surface area contributed by atoms with E-state index >= 15 is 0 Å². The normalized spacial score (nSPS) is 17.6. The Morgan fingerprint density at radius 2 is 2.18 bits per heavy atom. The number of aromatic nitrogens is 1. The van der Waals surface area contributed by atoms with Crippen molar-refractivity contribution in [2.24, 2.45) is 5.92 Å². The van der Waals surface area contributed by atoms with E-state index in [9.17, 15) is 0 Å². The van der Waals surface area contributed by atoms with Crippen molar-refractivity contribution in [2.45, 2.75) is 19.3 Å². The number of nitrogens with zero attached hydrogens (tertiary/aromatic N) is 1. The van der Waals surface area contributed by atoms with Gasteiger partial charge in [-0.1, -0.05) is 17.7 Å². The van der Waals surface area contributed by atoms with Crippen LogP contribution < -0.4 is 5.32 Å². The SMILES string of the molecule is N=CCC1C=C1CCNCCc1ccccn1. The third kappa shape index (κ3) is 4.11. The van der Waals surface area contributed by atoms with Gasteiger partial charge in [0.15, 0.2) is 0 Å². The summed E-state index contributed by atoms with van der Waals surface area (Å²) in [6.45, 7) is 2.02. The molecule has 0 saturated carbocycles. The van der Waals surface area contributed by atoms with E-state index in [1.165, 1.54) is 11.8 Å². The van der Waals surface area contributed by atoms with Gasteiger partial charge < -0.3 is 10.7 Å². The van der Waals surface area contributed by atoms with E-state index in [0.29, 0.717) is 5.92 Å². The first-order chi connectivity index (χ1) is 8.40. The maximum Gasteiger partial charge on any atom is 0.0416 e. The molecule has 1 aromatic heterocycles. The number of nitrogens with one attached hydrogen (secondary N) is 2. The van der Waals surface area contributed by atoms with Gasteiger partial charge in [-0.2, -0.15) is 0 Å². The smallest absolute Gasteiger partial charge is 0.0416 e. The van der Waals surface area contributed by atoms with Crippen molar-refractivity contribution >= 4 is 6.21 Å². The summed E-state index contributed by atoms with van der Waals surface area (Å²) < 4.78 is 0. The van der Waals surface area contributed by atoms with E-state index in [-0.39, 0.29) is 0 Å². The topological polar surface area (TPSA) is 48.8 Å². The quantitative estimate of drug-likeness (QED) is 0.408. The summed E-state index contributed by atoms with van der Waals surface area (Å²) in [6.07, 6.45) is 8.62. The lowest BCUT2D eigenvalue weighted by molar-refractivity contribution is 0.669. The summed E-state index contributed by atoms with van der Waals surface area (Å²) in [6, 6.07) is 6.03. The van der Waals surface area contributed by atoms with Gasteiger partial charge in [0.25, 0.3) is 0 Å². The van der Waals surface area contributed by atoms with Gasteiger partial charge >= 0.3 is 0 Å². The number of allylic oxidation sites excluding steroid dienone is 1. The van der Waals surface area contributed by atoms with Gasteiger partial charge in [-0.3, -0.25) is 4.98 Å². The van der Waals surface area contributed by atoms with Gasteiger partial charge in [-0.25, -0.2) is 0 Å². The van der Waals surface area contributed by atoms with Crippen molar-refractivity contribution in [3.63, 3.8) is 0 Å². The van der Waals surface area contributed by atoms with E-state index in [1.807, 2.05) is 18.3 Å². The maximum absolute atomic E-state index is 7.02. The van der Waals surface area contributed by atoms with Crippen LogP contribution in [0.1, 0.15) is 18.5 Å². The highest BCUT2D eigenvalue weighted by molar-refractivity contribution is 5.57. The molecule has 1 heterocycles. The molecule has 0 aliphatic heterocycles. The second kappa shape index (κ2) is 6.30. The fraction of sp³-hybridized carbons (Fsp3) is 0.429. The summed E-state index contributed by atoms with van der Waals surface area (Å²) in [7, 11) is 0. The lowest BCUT2D eigenvalue weighted by Gasteiger charge is -2.03. The molecule has 0 aromatic carbocycles. The van der Waals surface area contributed by atoms with Crippen LogP contribution in [0.15, 0.2) is 36.0 Å². The standard InChI is InChI=1S/C14H19N3/c15-7-4-12-11-13(12)5-9-16-10-6-14-3-1-2-8-17-14/h1-3,7-8,11-12,15-16H,4-6,9-10H2. The Labute approximate surface area is 102 Å². The van der Waals surface area contributed by atoms with Crippen LogP contribution in [0.3, 0.4) is 0 Å². The van der Waals surface area contributed by atoms with Gasteiger partial charge in [-0.05, 0) is 37.7 Å². The minimum Gasteiger partial charge on any atom is -0.316 e. The van der Waals surface area contributed by atoms with Gasteiger partial charge in [-0.15, -0.1) is 0 Å². The monoisotopic (exact) mass is 229 g/mol. The first-order valence-corrected chi connectivity index (χ1v) is 6.20. The number of pyridine rings is 1. The van der Waals surface area contributed by atoms with Crippen LogP contribution in [-0.2, 0) is 6.42 Å². The fourth-order valence-corrected chi connectivity index (χ4v) is 1.95. The van der Waals surface area contributed by atoms with Crippen LogP contribution in [-0.4, -0.2) is 24.3 Å². The molecule has 0 fully saturated rings. The average Bonchev–Trinajstić information content (AvgIpc) is 3.09. The first kappa shape index (κ1) is 12.0. The molecule has 1 aromatic rings. The lowest BCUT2D eigenvalue weighted by Crippen LogP contribution is -2.18. The van der Waals surface area contributed by atoms with E-state index < -0.39 is 0 Å². The average molecular weight is 229 g/mol. The van der Waals surface area contributed by atoms with Gasteiger partial charge in [0.1, 0.15) is 0 Å². The van der Waals surface area contributed by atoms with Crippen molar-refractivity contribution in [2.75, 3.05) is 13.1 Å². The fourth-order valence-electron chi connectivity index (χ4n) is 1.95. The third-order valence-electron chi connectivity index (χ3n) is 3.03. The van der Waals surface area contributed by atoms with E-state index in [0.717, 1.165) is 38.0 Å². The van der Waals surface area contributed by atoms with Crippen LogP contribution >= 0.6 is 0 Å². The maximum atomic E-state index is 7.02. The van der Waals surface area contributed by atoms with Crippen molar-refractivity contribution in [1.82, 2.24) is 10.3 Å². The minimum absolute atomic E-state index is 0.602. The predicted octanol–water partition coefficient (Wildman–Crippen LogP) is 2.20. The predicted molar refractivity (Wildman–Crippen MR) is 70.4 cm³/mol. The molecular weight excluding hydrogens is 210 g/mol. The summed E-state index contributed by atoms with van der Waals surface area (Å²) in [5, 5.41) is 10.5. The minimum atomic E-state index is 0.602. The molecule has 0 saturated heterocycles. The molecular formula is C14H19N3. The van der Waals surface area contributed by atoms with Crippen molar-refractivity contribution < 1.29 is 0 Å². The second-order valence-electron chi connectivity index (χ2n) is 4.36. The third-order valence-corrected chi connectivity index (χ3v) is 3.03. The van der Waals surface area contributed by atoms with Crippen molar-refractivity contribution in [1.29, 1.82) is 5.41 Å². The van der Waals surface area contributed by atoms with E-state index in [1.54, 1.807) is 0 Å². The Morgan fingerprint density at radius 3 is 2.94 bits per heavy atom. The van der Waals surface area contributed by atoms with Gasteiger partial charge in [0, 0.05) is 30.8 Å². The molecule has 3 heteroatoms. The Hall–Kier alpha value is -1.48. The Morgan fingerprint density at radius 1 is 1.29 bits per heavy atom. The zero-order chi connectivity index (χ0) is 11.9. The molecule has 1 aliphatic rings. The van der Waals surface area contributed by atoms with Crippen LogP contribution in [0.4, 0.5) is 0 Å². The summed E-state index contributed by atoms with van der Waals surface area (Å²) in [5.41, 5.74) is 2.66. The highest BCUT2D eigenvalue weighted by Crippen LogP contribution is 2.33. The number of hydrogen-bond donors (Lipinski definition) is 2. The molecule has 17 heavy (non-hydrogen) atoms. The first-order valence-electron chi connectivity index (χ1n) is 6.20. The largest absolute Gasteiger partial charge is 0.316 e. The number of rotatable bonds is 8. The summed E-state index contributed by atoms with van der Waals surface area (Å²) >= 11 is 0. The molecule has 1 unspecified atom stereocenters. The van der Waals surface area contributed by atoms with Crippen LogP contribution in [0.2, 0.25) is 0 Å². The zero-order valence-corrected chi connectivity index (χ0v) is 10.0. The van der Waals surface area contributed by atoms with Crippen molar-refractivity contribution in [3.8, 4) is 0 Å². The molecule has 90 valence electrons. The van der Waals surface area contributed by atoms with Gasteiger partial charge in [0.05, 0.1) is 0 Å². The van der Waals surface area contributed by atoms with Gasteiger partial charge in [0.2, 0.25) is 0 Å². The van der Waals surface area contributed by atoms with Crippen LogP contribution in [0.5, 0.6) is 0 Å². The molecule has 1 aliphatic carbocycles. The Balaban J connectivity index is 1.50. The van der Waals surface area contributed by atoms with Crippen LogP contribution in [0, 0.1) is 11.3 Å². The summed E-state index contributed by atoms with van der Waals surface area (Å²) in [4.78, 5) is 4.28. The highest BCUT2D eigenvalue weighted by atomic mass is 14.8. The van der Waals surface area contributed by atoms with E-state index in [4.69, 9.17) is 5.41 Å². The van der Waals surface area contributed by atoms with Crippen LogP contribution in [0.25, 0.3) is 0 Å². The molecule has 0 bridgehead atoms. The number of hydrogen-bond acceptors (Lipinski definition) is 3. The molecule has 0 amide bonds. The lowest BCUT2D eigenvalue weighted by atomic mass is 10.2. The molecule has 0 spiro atoms. The Bertz CT molecular complexity index is 384.